The van der Waals surface area contributed by atoms with Crippen LogP contribution in [0.4, 0.5) is 0 Å². The number of rotatable bonds is 3. The molecule has 0 radical (unpaired) electrons. The van der Waals surface area contributed by atoms with Gasteiger partial charge in [-0.15, -0.1) is 0 Å². The molecule has 104 valence electrons. The van der Waals surface area contributed by atoms with Crippen LogP contribution in [0.3, 0.4) is 0 Å². The van der Waals surface area contributed by atoms with Gasteiger partial charge >= 0.3 is 0 Å². The van der Waals surface area contributed by atoms with Gasteiger partial charge < -0.3 is 19.3 Å². The van der Waals surface area contributed by atoms with E-state index in [1.165, 1.54) is 0 Å². The number of aliphatic hydroxyl groups is 1. The third-order valence-electron chi connectivity index (χ3n) is 3.29. The highest BCUT2D eigenvalue weighted by atomic mass is 16.6. The Balaban J connectivity index is 1.91. The molecule has 1 aliphatic rings. The molecule has 0 saturated carbocycles. The maximum absolute atomic E-state index is 10.5. The van der Waals surface area contributed by atoms with E-state index in [1.54, 1.807) is 7.11 Å². The minimum Gasteiger partial charge on any atom is -0.497 e. The molecule has 0 aliphatic carbocycles. The molecule has 1 aliphatic heterocycles. The van der Waals surface area contributed by atoms with Gasteiger partial charge in [-0.05, 0) is 35.4 Å². The second-order valence-corrected chi connectivity index (χ2v) is 4.58. The second kappa shape index (κ2) is 5.43. The van der Waals surface area contributed by atoms with Gasteiger partial charge in [0.05, 0.1) is 7.11 Å². The molecule has 0 amide bonds. The summed E-state index contributed by atoms with van der Waals surface area (Å²) in [5.41, 5.74) is 1.54. The Hall–Kier alpha value is -2.20. The normalized spacial score (nSPS) is 14.7. The molecular weight excluding hydrogens is 256 g/mol. The Kier molecular flexibility index (Phi) is 3.48. The lowest BCUT2D eigenvalue weighted by atomic mass is 10.0. The predicted octanol–water partition coefficient (Wildman–Crippen LogP) is 2.55. The van der Waals surface area contributed by atoms with Crippen LogP contribution in [0.25, 0.3) is 0 Å². The number of hydrogen-bond donors (Lipinski definition) is 1. The van der Waals surface area contributed by atoms with E-state index in [9.17, 15) is 5.11 Å². The van der Waals surface area contributed by atoms with Crippen LogP contribution in [0.2, 0.25) is 0 Å². The van der Waals surface area contributed by atoms with E-state index >= 15 is 0 Å². The largest absolute Gasteiger partial charge is 0.497 e. The monoisotopic (exact) mass is 272 g/mol. The van der Waals surface area contributed by atoms with E-state index < -0.39 is 6.10 Å². The van der Waals surface area contributed by atoms with Crippen LogP contribution >= 0.6 is 0 Å². The molecule has 4 nitrogen and oxygen atoms in total. The lowest BCUT2D eigenvalue weighted by Gasteiger charge is -2.20. The Morgan fingerprint density at radius 1 is 1.00 bits per heavy atom. The van der Waals surface area contributed by atoms with Crippen LogP contribution < -0.4 is 14.2 Å². The Morgan fingerprint density at radius 2 is 1.75 bits per heavy atom. The minimum atomic E-state index is -0.721. The zero-order valence-corrected chi connectivity index (χ0v) is 11.2. The molecule has 0 unspecified atom stereocenters. The number of hydrogen-bond acceptors (Lipinski definition) is 4. The van der Waals surface area contributed by atoms with Crippen molar-refractivity contribution in [1.29, 1.82) is 0 Å². The smallest absolute Gasteiger partial charge is 0.161 e. The number of methoxy groups -OCH3 is 1. The number of benzene rings is 2. The van der Waals surface area contributed by atoms with Gasteiger partial charge in [0.25, 0.3) is 0 Å². The molecule has 0 fully saturated rings. The second-order valence-electron chi connectivity index (χ2n) is 4.58. The fraction of sp³-hybridized carbons (Fsp3) is 0.250. The summed E-state index contributed by atoms with van der Waals surface area (Å²) >= 11 is 0. The molecule has 1 N–H and O–H groups in total. The predicted molar refractivity (Wildman–Crippen MR) is 74.5 cm³/mol. The van der Waals surface area contributed by atoms with Gasteiger partial charge in [-0.3, -0.25) is 0 Å². The summed E-state index contributed by atoms with van der Waals surface area (Å²) in [4.78, 5) is 0. The zero-order valence-electron chi connectivity index (χ0n) is 11.2. The van der Waals surface area contributed by atoms with E-state index in [2.05, 4.69) is 0 Å². The summed E-state index contributed by atoms with van der Waals surface area (Å²) in [6.07, 6.45) is -0.721. The maximum atomic E-state index is 10.5. The molecule has 20 heavy (non-hydrogen) atoms. The van der Waals surface area contributed by atoms with Crippen molar-refractivity contribution >= 4 is 0 Å². The van der Waals surface area contributed by atoms with Crippen molar-refractivity contribution in [2.75, 3.05) is 20.3 Å². The topological polar surface area (TPSA) is 47.9 Å². The lowest BCUT2D eigenvalue weighted by Crippen LogP contribution is -2.15. The third kappa shape index (κ3) is 2.42. The molecule has 0 spiro atoms. The standard InChI is InChI=1S/C16H16O4/c1-18-13-4-2-3-11(9-13)16(17)12-5-6-14-15(10-12)20-8-7-19-14/h2-6,9-10,16-17H,7-8H2,1H3/t16-/m0/s1. The van der Waals surface area contributed by atoms with Crippen LogP contribution in [0.5, 0.6) is 17.2 Å². The zero-order chi connectivity index (χ0) is 13.9. The van der Waals surface area contributed by atoms with Crippen molar-refractivity contribution in [3.63, 3.8) is 0 Å². The van der Waals surface area contributed by atoms with Crippen LogP contribution in [0, 0.1) is 0 Å². The summed E-state index contributed by atoms with van der Waals surface area (Å²) in [6, 6.07) is 12.9. The third-order valence-corrected chi connectivity index (χ3v) is 3.29. The Labute approximate surface area is 117 Å². The molecule has 0 saturated heterocycles. The quantitative estimate of drug-likeness (QED) is 0.932. The molecule has 2 aromatic carbocycles. The van der Waals surface area contributed by atoms with E-state index in [0.717, 1.165) is 22.6 Å². The SMILES string of the molecule is COc1cccc([C@H](O)c2ccc3c(c2)OCCO3)c1. The van der Waals surface area contributed by atoms with Crippen LogP contribution in [-0.2, 0) is 0 Å². The molecular formula is C16H16O4. The first-order chi connectivity index (χ1) is 9.78. The first-order valence-corrected chi connectivity index (χ1v) is 6.49. The van der Waals surface area contributed by atoms with Crippen LogP contribution in [-0.4, -0.2) is 25.4 Å². The van der Waals surface area contributed by atoms with Crippen molar-refractivity contribution < 1.29 is 19.3 Å². The molecule has 1 heterocycles. The van der Waals surface area contributed by atoms with Gasteiger partial charge in [-0.2, -0.15) is 0 Å². The van der Waals surface area contributed by atoms with Crippen molar-refractivity contribution in [3.05, 3.63) is 53.6 Å². The Morgan fingerprint density at radius 3 is 2.55 bits per heavy atom. The van der Waals surface area contributed by atoms with Crippen molar-refractivity contribution in [2.45, 2.75) is 6.10 Å². The molecule has 3 rings (SSSR count). The summed E-state index contributed by atoms with van der Waals surface area (Å²) in [7, 11) is 1.61. The first-order valence-electron chi connectivity index (χ1n) is 6.49. The van der Waals surface area contributed by atoms with E-state index in [-0.39, 0.29) is 0 Å². The summed E-state index contributed by atoms with van der Waals surface area (Å²) < 4.78 is 16.2. The molecule has 4 heteroatoms. The van der Waals surface area contributed by atoms with E-state index in [1.807, 2.05) is 42.5 Å². The van der Waals surface area contributed by atoms with E-state index in [4.69, 9.17) is 14.2 Å². The maximum Gasteiger partial charge on any atom is 0.161 e. The van der Waals surface area contributed by atoms with Crippen molar-refractivity contribution in [2.24, 2.45) is 0 Å². The van der Waals surface area contributed by atoms with Crippen molar-refractivity contribution in [1.82, 2.24) is 0 Å². The lowest BCUT2D eigenvalue weighted by molar-refractivity contribution is 0.169. The fourth-order valence-corrected chi connectivity index (χ4v) is 2.23. The first kappa shape index (κ1) is 12.8. The van der Waals surface area contributed by atoms with Crippen LogP contribution in [0.1, 0.15) is 17.2 Å². The summed E-state index contributed by atoms with van der Waals surface area (Å²) in [5.74, 6) is 2.12. The number of fused-ring (bicyclic) bond motifs is 1. The fourth-order valence-electron chi connectivity index (χ4n) is 2.23. The molecule has 2 aromatic rings. The van der Waals surface area contributed by atoms with Gasteiger partial charge in [0.2, 0.25) is 0 Å². The van der Waals surface area contributed by atoms with Gasteiger partial charge in [-0.25, -0.2) is 0 Å². The highest BCUT2D eigenvalue weighted by Crippen LogP contribution is 2.34. The highest BCUT2D eigenvalue weighted by molar-refractivity contribution is 5.46. The minimum absolute atomic E-state index is 0.533. The molecule has 0 bridgehead atoms. The average Bonchev–Trinajstić information content (AvgIpc) is 2.53. The van der Waals surface area contributed by atoms with Crippen LogP contribution in [0.15, 0.2) is 42.5 Å². The summed E-state index contributed by atoms with van der Waals surface area (Å²) in [6.45, 7) is 1.09. The number of ether oxygens (including phenoxy) is 3. The van der Waals surface area contributed by atoms with E-state index in [0.29, 0.717) is 19.0 Å². The van der Waals surface area contributed by atoms with Gasteiger partial charge in [-0.1, -0.05) is 18.2 Å². The summed E-state index contributed by atoms with van der Waals surface area (Å²) in [5, 5.41) is 10.5. The van der Waals surface area contributed by atoms with Gasteiger partial charge in [0.1, 0.15) is 25.1 Å². The molecule has 1 atom stereocenters. The average molecular weight is 272 g/mol. The van der Waals surface area contributed by atoms with Gasteiger partial charge in [0, 0.05) is 0 Å². The van der Waals surface area contributed by atoms with Gasteiger partial charge in [0.15, 0.2) is 11.5 Å². The Bertz CT molecular complexity index is 609. The van der Waals surface area contributed by atoms with Crippen molar-refractivity contribution in [3.8, 4) is 17.2 Å². The number of aliphatic hydroxyl groups excluding tert-OH is 1. The highest BCUT2D eigenvalue weighted by Gasteiger charge is 2.16. The molecule has 0 aromatic heterocycles.